The number of hydrogen-bond acceptors (Lipinski definition) is 6. The van der Waals surface area contributed by atoms with Gasteiger partial charge in [-0.1, -0.05) is 19.3 Å². The predicted octanol–water partition coefficient (Wildman–Crippen LogP) is 5.15. The lowest BCUT2D eigenvalue weighted by Gasteiger charge is -2.36. The second-order valence-corrected chi connectivity index (χ2v) is 8.87. The van der Waals surface area contributed by atoms with Crippen molar-refractivity contribution in [3.05, 3.63) is 47.3 Å². The van der Waals surface area contributed by atoms with Crippen molar-refractivity contribution < 1.29 is 22.4 Å². The molecule has 2 aromatic rings. The van der Waals surface area contributed by atoms with Crippen LogP contribution in [0.4, 0.5) is 29.1 Å². The minimum atomic E-state index is -4.43. The summed E-state index contributed by atoms with van der Waals surface area (Å²) in [5, 5.41) is 22.8. The molecule has 2 heterocycles. The lowest BCUT2D eigenvalue weighted by atomic mass is 9.79. The minimum absolute atomic E-state index is 0.244. The van der Waals surface area contributed by atoms with Crippen molar-refractivity contribution >= 4 is 23.9 Å². The first kappa shape index (κ1) is 27.2. The maximum Gasteiger partial charge on any atom is 0.416 e. The maximum atomic E-state index is 12.8. The molecular formula is C25H30F4N6O. The van der Waals surface area contributed by atoms with Crippen LogP contribution in [0.5, 0.6) is 0 Å². The first-order valence-electron chi connectivity index (χ1n) is 11.8. The summed E-state index contributed by atoms with van der Waals surface area (Å²) in [4.78, 5) is 12.0. The molecule has 1 saturated carbocycles. The van der Waals surface area contributed by atoms with Gasteiger partial charge in [-0.3, -0.25) is 9.48 Å². The van der Waals surface area contributed by atoms with Crippen molar-refractivity contribution in [1.29, 1.82) is 5.26 Å². The molecule has 0 atom stereocenters. The maximum absolute atomic E-state index is 12.8. The molecule has 1 saturated heterocycles. The molecule has 0 amide bonds. The summed E-state index contributed by atoms with van der Waals surface area (Å²) in [5.74, 6) is 0.244. The average molecular weight is 507 g/mol. The zero-order chi connectivity index (χ0) is 26.2. The van der Waals surface area contributed by atoms with Gasteiger partial charge in [0, 0.05) is 25.8 Å². The van der Waals surface area contributed by atoms with Crippen molar-refractivity contribution in [3.8, 4) is 6.07 Å². The van der Waals surface area contributed by atoms with E-state index >= 15 is 0 Å². The van der Waals surface area contributed by atoms with Gasteiger partial charge in [-0.15, -0.1) is 0 Å². The van der Waals surface area contributed by atoms with Crippen molar-refractivity contribution in [3.63, 3.8) is 0 Å². The van der Waals surface area contributed by atoms with Crippen LogP contribution in [0.15, 0.2) is 30.5 Å². The Labute approximate surface area is 207 Å². The fourth-order valence-corrected chi connectivity index (χ4v) is 4.29. The summed E-state index contributed by atoms with van der Waals surface area (Å²) < 4.78 is 51.7. The Morgan fingerprint density at radius 1 is 1.22 bits per heavy atom. The van der Waals surface area contributed by atoms with Gasteiger partial charge in [0.15, 0.2) is 12.1 Å². The molecule has 4 rings (SSSR count). The van der Waals surface area contributed by atoms with Crippen LogP contribution in [0.2, 0.25) is 0 Å². The SMILES string of the molecule is CN/C=C\c1c(C=O)c(Nc2ccc(C(F)(F)F)cc2)nn1C1(CC#N)CCCCC1.FC1CNC1. The Morgan fingerprint density at radius 3 is 2.33 bits per heavy atom. The van der Waals surface area contributed by atoms with Crippen LogP contribution in [0.25, 0.3) is 6.08 Å². The molecule has 194 valence electrons. The van der Waals surface area contributed by atoms with E-state index in [2.05, 4.69) is 27.1 Å². The fraction of sp³-hybridized carbons (Fsp3) is 0.480. The monoisotopic (exact) mass is 506 g/mol. The van der Waals surface area contributed by atoms with Crippen molar-refractivity contribution in [2.75, 3.05) is 25.5 Å². The molecule has 2 aliphatic rings. The summed E-state index contributed by atoms with van der Waals surface area (Å²) >= 11 is 0. The highest BCUT2D eigenvalue weighted by atomic mass is 19.4. The normalized spacial score (nSPS) is 17.4. The summed E-state index contributed by atoms with van der Waals surface area (Å²) in [7, 11) is 1.73. The van der Waals surface area contributed by atoms with Gasteiger partial charge in [0.05, 0.1) is 34.8 Å². The number of aromatic nitrogens is 2. The van der Waals surface area contributed by atoms with Crippen LogP contribution < -0.4 is 16.0 Å². The van der Waals surface area contributed by atoms with Crippen LogP contribution in [0.1, 0.15) is 60.1 Å². The molecule has 2 fully saturated rings. The second-order valence-electron chi connectivity index (χ2n) is 8.87. The average Bonchev–Trinajstić information content (AvgIpc) is 3.20. The number of hydrogen-bond donors (Lipinski definition) is 3. The van der Waals surface area contributed by atoms with E-state index < -0.39 is 23.5 Å². The Balaban J connectivity index is 0.000000642. The molecule has 0 bridgehead atoms. The predicted molar refractivity (Wildman–Crippen MR) is 129 cm³/mol. The number of aldehydes is 1. The molecule has 1 aliphatic heterocycles. The highest BCUT2D eigenvalue weighted by molar-refractivity contribution is 5.89. The number of rotatable bonds is 7. The quantitative estimate of drug-likeness (QED) is 0.355. The van der Waals surface area contributed by atoms with Crippen LogP contribution in [-0.4, -0.2) is 42.4 Å². The van der Waals surface area contributed by atoms with Gasteiger partial charge >= 0.3 is 6.18 Å². The summed E-state index contributed by atoms with van der Waals surface area (Å²) in [5.41, 5.74) is -0.0711. The molecule has 7 nitrogen and oxygen atoms in total. The van der Waals surface area contributed by atoms with Crippen LogP contribution >= 0.6 is 0 Å². The number of halogens is 4. The van der Waals surface area contributed by atoms with Gasteiger partial charge < -0.3 is 16.0 Å². The van der Waals surface area contributed by atoms with Gasteiger partial charge in [0.1, 0.15) is 6.17 Å². The van der Waals surface area contributed by atoms with E-state index in [9.17, 15) is 27.6 Å². The molecular weight excluding hydrogens is 476 g/mol. The lowest BCUT2D eigenvalue weighted by molar-refractivity contribution is -0.137. The second kappa shape index (κ2) is 12.0. The Bertz CT molecular complexity index is 1080. The van der Waals surface area contributed by atoms with E-state index in [4.69, 9.17) is 0 Å². The molecule has 1 aliphatic carbocycles. The number of nitrogens with one attached hydrogen (secondary N) is 3. The topological polar surface area (TPSA) is 94.8 Å². The van der Waals surface area contributed by atoms with E-state index in [1.54, 1.807) is 24.0 Å². The lowest BCUT2D eigenvalue weighted by Crippen LogP contribution is -2.43. The minimum Gasteiger partial charge on any atom is -0.394 e. The van der Waals surface area contributed by atoms with Gasteiger partial charge in [0.2, 0.25) is 0 Å². The van der Waals surface area contributed by atoms with Gasteiger partial charge in [-0.05, 0) is 49.4 Å². The van der Waals surface area contributed by atoms with Crippen molar-refractivity contribution in [1.82, 2.24) is 20.4 Å². The van der Waals surface area contributed by atoms with E-state index in [0.717, 1.165) is 44.2 Å². The molecule has 0 unspecified atom stereocenters. The first-order chi connectivity index (χ1) is 17.2. The Hall–Kier alpha value is -3.39. The smallest absolute Gasteiger partial charge is 0.394 e. The third-order valence-corrected chi connectivity index (χ3v) is 6.33. The highest BCUT2D eigenvalue weighted by Crippen LogP contribution is 2.40. The molecule has 3 N–H and O–H groups in total. The number of nitriles is 1. The summed E-state index contributed by atoms with van der Waals surface area (Å²) in [6.45, 7) is 1.14. The van der Waals surface area contributed by atoms with E-state index in [-0.39, 0.29) is 17.8 Å². The fourth-order valence-electron chi connectivity index (χ4n) is 4.29. The molecule has 0 spiro atoms. The first-order valence-corrected chi connectivity index (χ1v) is 11.8. The largest absolute Gasteiger partial charge is 0.416 e. The Morgan fingerprint density at radius 2 is 1.86 bits per heavy atom. The molecule has 0 radical (unpaired) electrons. The highest BCUT2D eigenvalue weighted by Gasteiger charge is 2.38. The number of benzene rings is 1. The molecule has 1 aromatic heterocycles. The van der Waals surface area contributed by atoms with Crippen molar-refractivity contribution in [2.24, 2.45) is 0 Å². The number of carbonyl (C=O) groups excluding carboxylic acids is 1. The molecule has 36 heavy (non-hydrogen) atoms. The molecule has 11 heteroatoms. The number of anilines is 2. The zero-order valence-corrected chi connectivity index (χ0v) is 20.0. The van der Waals surface area contributed by atoms with Crippen LogP contribution in [0.3, 0.4) is 0 Å². The summed E-state index contributed by atoms with van der Waals surface area (Å²) in [6.07, 6.45) is 3.87. The number of alkyl halides is 4. The third kappa shape index (κ3) is 6.43. The summed E-state index contributed by atoms with van der Waals surface area (Å²) in [6, 6.07) is 6.80. The number of nitrogens with zero attached hydrogens (tertiary/aromatic N) is 3. The van der Waals surface area contributed by atoms with Crippen molar-refractivity contribution in [2.45, 2.75) is 56.4 Å². The van der Waals surface area contributed by atoms with Crippen LogP contribution in [0, 0.1) is 11.3 Å². The number of carbonyl (C=O) groups is 1. The van der Waals surface area contributed by atoms with E-state index in [1.165, 1.54) is 12.1 Å². The zero-order valence-electron chi connectivity index (χ0n) is 20.0. The standard InChI is InChI=1S/C22H24F3N5O.C3H6FN/c1-27-14-9-19-18(15-31)20(28-17-7-5-16(6-8-17)22(23,24)25)29-30(19)21(12-13-26)10-3-2-4-11-21;4-3-1-5-2-3/h5-9,14-15,27H,2-4,10-12H2,1H3,(H,28,29);3,5H,1-2H2/b14-9-;. The van der Waals surface area contributed by atoms with Gasteiger partial charge in [0.25, 0.3) is 0 Å². The third-order valence-electron chi connectivity index (χ3n) is 6.33. The molecule has 1 aromatic carbocycles. The van der Waals surface area contributed by atoms with Crippen LogP contribution in [-0.2, 0) is 11.7 Å². The van der Waals surface area contributed by atoms with Gasteiger partial charge in [-0.25, -0.2) is 4.39 Å². The van der Waals surface area contributed by atoms with E-state index in [1.807, 2.05) is 0 Å². The Kier molecular flexibility index (Phi) is 9.09. The van der Waals surface area contributed by atoms with Gasteiger partial charge in [-0.2, -0.15) is 23.5 Å². The van der Waals surface area contributed by atoms with E-state index in [0.29, 0.717) is 30.8 Å².